The fraction of sp³-hybridized carbons (Fsp3) is 0.846. The molecule has 5 heteroatoms. The van der Waals surface area contributed by atoms with Crippen LogP contribution in [0, 0.1) is 5.92 Å². The third kappa shape index (κ3) is 2.83. The van der Waals surface area contributed by atoms with Gasteiger partial charge in [0.2, 0.25) is 11.8 Å². The number of carbonyl (C=O) groups excluding carboxylic acids is 2. The first-order valence-electron chi connectivity index (χ1n) is 6.88. The van der Waals surface area contributed by atoms with Crippen LogP contribution in [-0.2, 0) is 9.59 Å². The topological polar surface area (TPSA) is 84.2 Å². The molecule has 102 valence electrons. The molecule has 3 unspecified atom stereocenters. The Morgan fingerprint density at radius 1 is 1.39 bits per heavy atom. The van der Waals surface area contributed by atoms with Crippen molar-refractivity contribution in [3.05, 3.63) is 0 Å². The van der Waals surface area contributed by atoms with E-state index in [0.717, 1.165) is 38.5 Å². The summed E-state index contributed by atoms with van der Waals surface area (Å²) in [5.74, 6) is -0.285. The number of carbonyl (C=O) groups is 2. The van der Waals surface area contributed by atoms with Crippen LogP contribution in [0.2, 0.25) is 0 Å². The molecule has 3 atom stereocenters. The van der Waals surface area contributed by atoms with E-state index in [1.807, 2.05) is 6.92 Å². The molecule has 2 amide bonds. The number of rotatable bonds is 2. The van der Waals surface area contributed by atoms with Crippen molar-refractivity contribution in [2.24, 2.45) is 11.7 Å². The molecule has 2 aliphatic rings. The Labute approximate surface area is 108 Å². The number of nitrogens with one attached hydrogen (secondary N) is 2. The van der Waals surface area contributed by atoms with Crippen LogP contribution in [-0.4, -0.2) is 29.9 Å². The van der Waals surface area contributed by atoms with Gasteiger partial charge in [-0.1, -0.05) is 12.8 Å². The highest BCUT2D eigenvalue weighted by atomic mass is 16.2. The maximum Gasteiger partial charge on any atom is 0.242 e. The van der Waals surface area contributed by atoms with Crippen LogP contribution in [0.25, 0.3) is 0 Å². The molecular weight excluding hydrogens is 230 g/mol. The number of hydrogen-bond donors (Lipinski definition) is 3. The van der Waals surface area contributed by atoms with Crippen molar-refractivity contribution in [1.82, 2.24) is 10.6 Å². The van der Waals surface area contributed by atoms with Crippen molar-refractivity contribution in [1.29, 1.82) is 0 Å². The molecule has 1 aliphatic carbocycles. The monoisotopic (exact) mass is 253 g/mol. The van der Waals surface area contributed by atoms with Crippen molar-refractivity contribution in [2.75, 3.05) is 6.54 Å². The third-order valence-corrected chi connectivity index (χ3v) is 4.17. The molecule has 2 rings (SSSR count). The van der Waals surface area contributed by atoms with Gasteiger partial charge in [-0.15, -0.1) is 0 Å². The lowest BCUT2D eigenvalue weighted by molar-refractivity contribution is -0.134. The first-order chi connectivity index (χ1) is 8.50. The van der Waals surface area contributed by atoms with Gasteiger partial charge in [-0.2, -0.15) is 0 Å². The number of amides is 2. The smallest absolute Gasteiger partial charge is 0.242 e. The van der Waals surface area contributed by atoms with E-state index in [1.165, 1.54) is 0 Å². The minimum Gasteiger partial charge on any atom is -0.354 e. The van der Waals surface area contributed by atoms with Crippen LogP contribution < -0.4 is 16.4 Å². The second-order valence-electron chi connectivity index (χ2n) is 5.80. The summed E-state index contributed by atoms with van der Waals surface area (Å²) >= 11 is 0. The van der Waals surface area contributed by atoms with Crippen molar-refractivity contribution in [3.8, 4) is 0 Å². The summed E-state index contributed by atoms with van der Waals surface area (Å²) in [5.41, 5.74) is 5.76. The van der Waals surface area contributed by atoms with Gasteiger partial charge < -0.3 is 16.4 Å². The Kier molecular flexibility index (Phi) is 3.90. The number of nitrogens with two attached hydrogens (primary N) is 1. The Hall–Kier alpha value is -1.10. The molecule has 0 aromatic carbocycles. The van der Waals surface area contributed by atoms with Gasteiger partial charge in [0, 0.05) is 12.1 Å². The zero-order valence-corrected chi connectivity index (χ0v) is 11.0. The number of hydrogen-bond acceptors (Lipinski definition) is 3. The molecule has 0 radical (unpaired) electrons. The second-order valence-corrected chi connectivity index (χ2v) is 5.80. The van der Waals surface area contributed by atoms with Gasteiger partial charge in [0.15, 0.2) is 0 Å². The normalized spacial score (nSPS) is 36.9. The second kappa shape index (κ2) is 5.26. The van der Waals surface area contributed by atoms with Gasteiger partial charge in [0.1, 0.15) is 6.04 Å². The molecule has 0 bridgehead atoms. The summed E-state index contributed by atoms with van der Waals surface area (Å²) in [4.78, 5) is 23.9. The van der Waals surface area contributed by atoms with Crippen molar-refractivity contribution in [2.45, 2.75) is 57.0 Å². The van der Waals surface area contributed by atoms with Crippen LogP contribution in [0.3, 0.4) is 0 Å². The lowest BCUT2D eigenvalue weighted by Gasteiger charge is -2.38. The summed E-state index contributed by atoms with van der Waals surface area (Å²) in [6, 6.07) is -0.371. The van der Waals surface area contributed by atoms with Crippen molar-refractivity contribution >= 4 is 11.8 Å². The highest BCUT2D eigenvalue weighted by Gasteiger charge is 2.39. The summed E-state index contributed by atoms with van der Waals surface area (Å²) < 4.78 is 0. The predicted molar refractivity (Wildman–Crippen MR) is 68.7 cm³/mol. The van der Waals surface area contributed by atoms with E-state index in [4.69, 9.17) is 5.73 Å². The zero-order valence-electron chi connectivity index (χ0n) is 11.0. The Morgan fingerprint density at radius 2 is 2.17 bits per heavy atom. The summed E-state index contributed by atoms with van der Waals surface area (Å²) in [7, 11) is 0. The van der Waals surface area contributed by atoms with Crippen LogP contribution in [0.4, 0.5) is 0 Å². The van der Waals surface area contributed by atoms with Crippen LogP contribution in [0.5, 0.6) is 0 Å². The third-order valence-electron chi connectivity index (χ3n) is 4.17. The molecule has 0 aromatic rings. The quantitative estimate of drug-likeness (QED) is 0.661. The lowest BCUT2D eigenvalue weighted by atomic mass is 9.74. The van der Waals surface area contributed by atoms with E-state index in [9.17, 15) is 9.59 Å². The first kappa shape index (κ1) is 13.3. The largest absolute Gasteiger partial charge is 0.354 e. The molecule has 1 saturated heterocycles. The fourth-order valence-electron chi connectivity index (χ4n) is 2.97. The van der Waals surface area contributed by atoms with Gasteiger partial charge in [-0.3, -0.25) is 9.59 Å². The van der Waals surface area contributed by atoms with E-state index in [0.29, 0.717) is 6.54 Å². The van der Waals surface area contributed by atoms with Crippen molar-refractivity contribution < 1.29 is 9.59 Å². The highest BCUT2D eigenvalue weighted by molar-refractivity contribution is 5.89. The Balaban J connectivity index is 1.96. The van der Waals surface area contributed by atoms with Gasteiger partial charge >= 0.3 is 0 Å². The summed E-state index contributed by atoms with van der Waals surface area (Å²) in [5, 5.41) is 5.64. The fourth-order valence-corrected chi connectivity index (χ4v) is 2.97. The van der Waals surface area contributed by atoms with Gasteiger partial charge in [-0.05, 0) is 32.6 Å². The molecule has 4 N–H and O–H groups in total. The van der Waals surface area contributed by atoms with E-state index >= 15 is 0 Å². The van der Waals surface area contributed by atoms with Crippen LogP contribution >= 0.6 is 0 Å². The minimum atomic E-state index is -0.437. The molecular formula is C13H23N3O2. The van der Waals surface area contributed by atoms with Gasteiger partial charge in [-0.25, -0.2) is 0 Å². The lowest BCUT2D eigenvalue weighted by Crippen LogP contribution is -2.57. The maximum absolute atomic E-state index is 12.3. The van der Waals surface area contributed by atoms with Crippen LogP contribution in [0.1, 0.15) is 45.4 Å². The summed E-state index contributed by atoms with van der Waals surface area (Å²) in [6.07, 6.45) is 5.48. The first-order valence-corrected chi connectivity index (χ1v) is 6.88. The highest BCUT2D eigenvalue weighted by Crippen LogP contribution is 2.31. The molecule has 1 aliphatic heterocycles. The predicted octanol–water partition coefficient (Wildman–Crippen LogP) is 0.289. The van der Waals surface area contributed by atoms with Crippen molar-refractivity contribution in [3.63, 3.8) is 0 Å². The molecule has 18 heavy (non-hydrogen) atoms. The minimum absolute atomic E-state index is 0.0539. The Morgan fingerprint density at radius 3 is 2.83 bits per heavy atom. The van der Waals surface area contributed by atoms with E-state index in [2.05, 4.69) is 10.6 Å². The molecule has 5 nitrogen and oxygen atoms in total. The molecule has 1 heterocycles. The molecule has 1 saturated carbocycles. The average Bonchev–Trinajstić information content (AvgIpc) is 2.31. The molecule has 0 spiro atoms. The Bertz CT molecular complexity index is 341. The van der Waals surface area contributed by atoms with E-state index in [-0.39, 0.29) is 23.8 Å². The molecule has 0 aromatic heterocycles. The van der Waals surface area contributed by atoms with E-state index < -0.39 is 5.54 Å². The average molecular weight is 253 g/mol. The summed E-state index contributed by atoms with van der Waals surface area (Å²) in [6.45, 7) is 2.65. The van der Waals surface area contributed by atoms with E-state index in [1.54, 1.807) is 0 Å². The SMILES string of the molecule is CC1(N)CCCCC1C(=O)NC1CCCNC1=O. The van der Waals surface area contributed by atoms with Gasteiger partial charge in [0.05, 0.1) is 5.92 Å². The standard InChI is InChI=1S/C13H23N3O2/c1-13(14)7-3-2-5-9(13)11(17)16-10-6-4-8-15-12(10)18/h9-10H,2-8,14H2,1H3,(H,15,18)(H,16,17). The molecule has 2 fully saturated rings. The maximum atomic E-state index is 12.3. The zero-order chi connectivity index (χ0) is 13.2. The van der Waals surface area contributed by atoms with Crippen LogP contribution in [0.15, 0.2) is 0 Å². The van der Waals surface area contributed by atoms with Gasteiger partial charge in [0.25, 0.3) is 0 Å². The number of piperidine rings is 1.